The summed E-state index contributed by atoms with van der Waals surface area (Å²) in [5, 5.41) is 6.05. The zero-order valence-electron chi connectivity index (χ0n) is 22.3. The largest absolute Gasteiger partial charge is 0.488 e. The van der Waals surface area contributed by atoms with Crippen molar-refractivity contribution in [1.29, 1.82) is 0 Å². The second-order valence-electron chi connectivity index (χ2n) is 10.2. The molecule has 5 rings (SSSR count). The summed E-state index contributed by atoms with van der Waals surface area (Å²) in [6, 6.07) is 24.2. The van der Waals surface area contributed by atoms with E-state index in [0.717, 1.165) is 38.0 Å². The number of nitrogens with one attached hydrogen (secondary N) is 1. The zero-order valence-corrected chi connectivity index (χ0v) is 23.3. The molecule has 0 saturated heterocycles. The monoisotopic (exact) mass is 519 g/mol. The molecule has 0 heterocycles. The van der Waals surface area contributed by atoms with Crippen LogP contribution < -0.4 is 20.7 Å². The maximum Gasteiger partial charge on any atom is 0.130 e. The van der Waals surface area contributed by atoms with Gasteiger partial charge in [0.15, 0.2) is 0 Å². The van der Waals surface area contributed by atoms with Crippen molar-refractivity contribution in [2.24, 2.45) is 11.8 Å². The van der Waals surface area contributed by atoms with Crippen LogP contribution in [0.1, 0.15) is 35.1 Å². The van der Waals surface area contributed by atoms with Crippen LogP contribution in [-0.2, 0) is 26.0 Å². The Balaban J connectivity index is 1.54. The Hall–Kier alpha value is -3.19. The van der Waals surface area contributed by atoms with E-state index in [1.165, 1.54) is 32.9 Å². The minimum atomic E-state index is 0.500. The van der Waals surface area contributed by atoms with Crippen LogP contribution in [0.2, 0.25) is 0 Å². The van der Waals surface area contributed by atoms with E-state index in [0.29, 0.717) is 27.0 Å². The summed E-state index contributed by atoms with van der Waals surface area (Å²) >= 11 is 0. The maximum atomic E-state index is 6.74. The number of rotatable bonds is 11. The molecule has 0 amide bonds. The molecule has 0 fully saturated rings. The Morgan fingerprint density at radius 2 is 1.45 bits per heavy atom. The van der Waals surface area contributed by atoms with Crippen molar-refractivity contribution in [3.8, 4) is 5.75 Å². The van der Waals surface area contributed by atoms with E-state index in [4.69, 9.17) is 4.74 Å². The molecule has 3 aromatic carbocycles. The zero-order chi connectivity index (χ0) is 26.0. The fourth-order valence-corrected chi connectivity index (χ4v) is 6.71. The number of hydrogen-bond donors (Lipinski definition) is 1. The Labute approximate surface area is 230 Å². The predicted molar refractivity (Wildman–Crippen MR) is 164 cm³/mol. The lowest BCUT2D eigenvalue weighted by molar-refractivity contribution is 0.304. The molecule has 2 aliphatic carbocycles. The van der Waals surface area contributed by atoms with Crippen LogP contribution in [-0.4, -0.2) is 7.05 Å². The minimum Gasteiger partial charge on any atom is -0.488 e. The highest BCUT2D eigenvalue weighted by atomic mass is 31.1. The number of benzene rings is 3. The first-order valence-corrected chi connectivity index (χ1v) is 14.8. The van der Waals surface area contributed by atoms with Crippen LogP contribution in [0.3, 0.4) is 0 Å². The fourth-order valence-electron chi connectivity index (χ4n) is 5.30. The molecule has 3 unspecified atom stereocenters. The van der Waals surface area contributed by atoms with Crippen molar-refractivity contribution in [2.45, 2.75) is 38.8 Å². The second-order valence-corrected chi connectivity index (χ2v) is 11.6. The van der Waals surface area contributed by atoms with E-state index in [1.54, 1.807) is 0 Å². The third-order valence-corrected chi connectivity index (χ3v) is 8.62. The van der Waals surface area contributed by atoms with Gasteiger partial charge in [-0.15, -0.1) is 0 Å². The average molecular weight is 520 g/mol. The standard InChI is InChI=1S/C35H38NOP/c1-36-25-31-19-11-12-20-33(31)38-34-24-30(21-27-13-5-2-6-14-27)23-32(22-28-15-7-3-8-16-28)35(34)37-26-29-17-9-4-10-18-29/h2-13,15,17-20,23-24,27-28,36,38H,14,16,21-22,25-26H2,1H3. The van der Waals surface area contributed by atoms with Crippen molar-refractivity contribution in [3.05, 3.63) is 138 Å². The smallest absolute Gasteiger partial charge is 0.130 e. The topological polar surface area (TPSA) is 21.3 Å². The molecule has 0 aromatic heterocycles. The van der Waals surface area contributed by atoms with Crippen molar-refractivity contribution in [1.82, 2.24) is 5.32 Å². The van der Waals surface area contributed by atoms with E-state index >= 15 is 0 Å². The third kappa shape index (κ3) is 7.22. The third-order valence-electron chi connectivity index (χ3n) is 7.22. The van der Waals surface area contributed by atoms with Gasteiger partial charge in [0.2, 0.25) is 0 Å². The first-order chi connectivity index (χ1) is 18.8. The Kier molecular flexibility index (Phi) is 9.43. The SMILES string of the molecule is CNCc1ccccc1Pc1cc(CC2C=CC=CC2)cc(CC2C=CC=CC2)c1OCc1ccccc1. The normalized spacial score (nSPS) is 18.4. The van der Waals surface area contributed by atoms with Crippen LogP contribution in [0.25, 0.3) is 0 Å². The number of allylic oxidation sites excluding steroid dienone is 8. The van der Waals surface area contributed by atoms with Crippen molar-refractivity contribution in [3.63, 3.8) is 0 Å². The van der Waals surface area contributed by atoms with Gasteiger partial charge in [-0.3, -0.25) is 0 Å². The highest BCUT2D eigenvalue weighted by Crippen LogP contribution is 2.32. The van der Waals surface area contributed by atoms with E-state index < -0.39 is 0 Å². The average Bonchev–Trinajstić information content (AvgIpc) is 2.95. The van der Waals surface area contributed by atoms with E-state index in [1.807, 2.05) is 7.05 Å². The Bertz CT molecular complexity index is 1320. The lowest BCUT2D eigenvalue weighted by Crippen LogP contribution is -2.18. The number of hydrogen-bond acceptors (Lipinski definition) is 2. The lowest BCUT2D eigenvalue weighted by atomic mass is 9.89. The molecule has 2 aliphatic rings. The molecule has 0 spiro atoms. The molecular weight excluding hydrogens is 481 g/mol. The first-order valence-electron chi connectivity index (χ1n) is 13.8. The van der Waals surface area contributed by atoms with Crippen molar-refractivity contribution >= 4 is 19.2 Å². The van der Waals surface area contributed by atoms with Gasteiger partial charge in [-0.1, -0.05) is 118 Å². The molecule has 0 saturated carbocycles. The summed E-state index contributed by atoms with van der Waals surface area (Å²) in [7, 11) is 2.56. The molecule has 38 heavy (non-hydrogen) atoms. The minimum absolute atomic E-state index is 0.500. The van der Waals surface area contributed by atoms with E-state index in [9.17, 15) is 0 Å². The second kappa shape index (κ2) is 13.6. The van der Waals surface area contributed by atoms with Crippen LogP contribution in [0.15, 0.2) is 115 Å². The molecule has 2 nitrogen and oxygen atoms in total. The van der Waals surface area contributed by atoms with Crippen molar-refractivity contribution in [2.75, 3.05) is 7.05 Å². The summed E-state index contributed by atoms with van der Waals surface area (Å²) in [5.41, 5.74) is 5.32. The summed E-state index contributed by atoms with van der Waals surface area (Å²) in [4.78, 5) is 0. The molecule has 3 heteroatoms. The highest BCUT2D eigenvalue weighted by molar-refractivity contribution is 7.55. The van der Waals surface area contributed by atoms with Gasteiger partial charge in [0.05, 0.1) is 0 Å². The van der Waals surface area contributed by atoms with Gasteiger partial charge in [0, 0.05) is 11.8 Å². The summed E-state index contributed by atoms with van der Waals surface area (Å²) in [6.45, 7) is 1.45. The van der Waals surface area contributed by atoms with Gasteiger partial charge in [-0.05, 0) is 78.2 Å². The quantitative estimate of drug-likeness (QED) is 0.277. The summed E-state index contributed by atoms with van der Waals surface area (Å²) in [6.07, 6.45) is 22.2. The van der Waals surface area contributed by atoms with Gasteiger partial charge in [0.1, 0.15) is 12.4 Å². The summed E-state index contributed by atoms with van der Waals surface area (Å²) in [5.74, 6) is 2.13. The highest BCUT2D eigenvalue weighted by Gasteiger charge is 2.19. The van der Waals surface area contributed by atoms with E-state index in [-0.39, 0.29) is 0 Å². The Morgan fingerprint density at radius 1 is 0.737 bits per heavy atom. The maximum absolute atomic E-state index is 6.74. The van der Waals surface area contributed by atoms with Crippen molar-refractivity contribution < 1.29 is 4.74 Å². The van der Waals surface area contributed by atoms with Gasteiger partial charge in [0.25, 0.3) is 0 Å². The van der Waals surface area contributed by atoms with Gasteiger partial charge >= 0.3 is 0 Å². The molecule has 3 atom stereocenters. The van der Waals surface area contributed by atoms with Crippen LogP contribution in [0.5, 0.6) is 5.75 Å². The molecule has 194 valence electrons. The van der Waals surface area contributed by atoms with Gasteiger partial charge in [-0.25, -0.2) is 0 Å². The summed E-state index contributed by atoms with van der Waals surface area (Å²) < 4.78 is 6.74. The van der Waals surface area contributed by atoms with E-state index in [2.05, 4.69) is 121 Å². The predicted octanol–water partition coefficient (Wildman–Crippen LogP) is 6.96. The molecule has 0 radical (unpaired) electrons. The van der Waals surface area contributed by atoms with Crippen LogP contribution in [0, 0.1) is 11.8 Å². The number of ether oxygens (including phenoxy) is 1. The molecule has 1 N–H and O–H groups in total. The van der Waals surface area contributed by atoms with Crippen LogP contribution in [0.4, 0.5) is 0 Å². The Morgan fingerprint density at radius 3 is 2.16 bits per heavy atom. The first kappa shape index (κ1) is 26.4. The molecule has 3 aromatic rings. The molecular formula is C35H38NOP. The molecule has 0 aliphatic heterocycles. The van der Waals surface area contributed by atoms with Crippen LogP contribution >= 0.6 is 8.58 Å². The lowest BCUT2D eigenvalue weighted by Gasteiger charge is -2.23. The van der Waals surface area contributed by atoms with Gasteiger partial charge < -0.3 is 10.1 Å². The van der Waals surface area contributed by atoms with Gasteiger partial charge in [-0.2, -0.15) is 0 Å². The fraction of sp³-hybridized carbons (Fsp3) is 0.257. The molecule has 0 bridgehead atoms.